The Bertz CT molecular complexity index is 940. The molecule has 2 aromatic carbocycles. The first-order valence-electron chi connectivity index (χ1n) is 9.49. The summed E-state index contributed by atoms with van der Waals surface area (Å²) in [5.41, 5.74) is 2.76. The van der Waals surface area contributed by atoms with Crippen molar-refractivity contribution >= 4 is 11.0 Å². The van der Waals surface area contributed by atoms with Crippen LogP contribution in [0.15, 0.2) is 57.7 Å². The fourth-order valence-electron chi connectivity index (χ4n) is 3.51. The highest BCUT2D eigenvalue weighted by atomic mass is 16.4. The molecule has 1 heterocycles. The minimum atomic E-state index is -0.376. The molecule has 1 N–H and O–H groups in total. The highest BCUT2D eigenvalue weighted by Crippen LogP contribution is 2.30. The zero-order chi connectivity index (χ0) is 18.5. The van der Waals surface area contributed by atoms with Crippen LogP contribution in [-0.2, 0) is 0 Å². The molecule has 0 radical (unpaired) electrons. The highest BCUT2D eigenvalue weighted by molar-refractivity contribution is 5.82. The fourth-order valence-corrected chi connectivity index (χ4v) is 3.51. The second-order valence-corrected chi connectivity index (χ2v) is 6.90. The van der Waals surface area contributed by atoms with E-state index in [-0.39, 0.29) is 11.4 Å². The van der Waals surface area contributed by atoms with Crippen molar-refractivity contribution in [3.63, 3.8) is 0 Å². The Morgan fingerprint density at radius 3 is 2.65 bits per heavy atom. The van der Waals surface area contributed by atoms with Gasteiger partial charge in [-0.05, 0) is 48.1 Å². The van der Waals surface area contributed by atoms with Crippen LogP contribution in [0.25, 0.3) is 22.1 Å². The fraction of sp³-hybridized carbons (Fsp3) is 0.348. The van der Waals surface area contributed by atoms with Gasteiger partial charge in [0.15, 0.2) is 0 Å². The number of hydrogen-bond acceptors (Lipinski definition) is 3. The lowest BCUT2D eigenvalue weighted by Crippen LogP contribution is -2.04. The molecular weight excluding hydrogens is 324 g/mol. The van der Waals surface area contributed by atoms with Crippen LogP contribution in [0, 0.1) is 0 Å². The van der Waals surface area contributed by atoms with Crippen molar-refractivity contribution in [2.75, 3.05) is 0 Å². The van der Waals surface area contributed by atoms with E-state index in [2.05, 4.69) is 26.0 Å². The topological polar surface area (TPSA) is 50.4 Å². The number of fused-ring (bicyclic) bond motifs is 1. The van der Waals surface area contributed by atoms with Crippen LogP contribution in [-0.4, -0.2) is 5.11 Å². The zero-order valence-corrected chi connectivity index (χ0v) is 15.5. The number of aromatic hydroxyl groups is 1. The van der Waals surface area contributed by atoms with Crippen LogP contribution in [0.4, 0.5) is 0 Å². The molecule has 3 nitrogen and oxygen atoms in total. The summed E-state index contributed by atoms with van der Waals surface area (Å²) in [6, 6.07) is 14.9. The Balaban J connectivity index is 1.97. The van der Waals surface area contributed by atoms with Gasteiger partial charge in [-0.2, -0.15) is 0 Å². The summed E-state index contributed by atoms with van der Waals surface area (Å²) in [5.74, 6) is 0.610. The average Bonchev–Trinajstić information content (AvgIpc) is 2.65. The number of phenolic OH excluding ortho intramolecular Hbond substituents is 1. The summed E-state index contributed by atoms with van der Waals surface area (Å²) in [6.45, 7) is 4.44. The van der Waals surface area contributed by atoms with E-state index < -0.39 is 0 Å². The van der Waals surface area contributed by atoms with E-state index in [9.17, 15) is 9.90 Å². The van der Waals surface area contributed by atoms with E-state index in [1.807, 2.05) is 18.2 Å². The van der Waals surface area contributed by atoms with Crippen LogP contribution >= 0.6 is 0 Å². The maximum absolute atomic E-state index is 12.5. The normalized spacial score (nSPS) is 12.4. The van der Waals surface area contributed by atoms with E-state index in [1.165, 1.54) is 37.3 Å². The molecule has 26 heavy (non-hydrogen) atoms. The number of hydrogen-bond donors (Lipinski definition) is 1. The highest BCUT2D eigenvalue weighted by Gasteiger charge is 2.13. The molecule has 0 fully saturated rings. The Hall–Kier alpha value is -2.55. The summed E-state index contributed by atoms with van der Waals surface area (Å²) >= 11 is 0. The first kappa shape index (κ1) is 18.2. The summed E-state index contributed by atoms with van der Waals surface area (Å²) in [5, 5.41) is 10.4. The van der Waals surface area contributed by atoms with Gasteiger partial charge in [0.1, 0.15) is 11.3 Å². The quantitative estimate of drug-likeness (QED) is 0.405. The summed E-state index contributed by atoms with van der Waals surface area (Å²) in [4.78, 5) is 12.5. The van der Waals surface area contributed by atoms with Crippen molar-refractivity contribution in [1.29, 1.82) is 0 Å². The second-order valence-electron chi connectivity index (χ2n) is 6.90. The largest absolute Gasteiger partial charge is 0.508 e. The molecule has 0 bridgehead atoms. The van der Waals surface area contributed by atoms with Gasteiger partial charge >= 0.3 is 5.63 Å². The molecule has 0 saturated heterocycles. The lowest BCUT2D eigenvalue weighted by Gasteiger charge is -2.16. The van der Waals surface area contributed by atoms with Crippen LogP contribution in [0.1, 0.15) is 57.4 Å². The molecule has 3 aromatic rings. The smallest absolute Gasteiger partial charge is 0.344 e. The van der Waals surface area contributed by atoms with E-state index in [0.29, 0.717) is 17.1 Å². The third-order valence-corrected chi connectivity index (χ3v) is 5.04. The molecule has 3 heteroatoms. The molecule has 1 unspecified atom stereocenters. The zero-order valence-electron chi connectivity index (χ0n) is 15.5. The molecule has 0 aliphatic heterocycles. The first-order valence-corrected chi connectivity index (χ1v) is 9.49. The Labute approximate surface area is 154 Å². The molecule has 3 rings (SSSR count). The van der Waals surface area contributed by atoms with E-state index in [1.54, 1.807) is 12.1 Å². The molecule has 0 aliphatic rings. The van der Waals surface area contributed by atoms with E-state index >= 15 is 0 Å². The predicted molar refractivity (Wildman–Crippen MR) is 107 cm³/mol. The van der Waals surface area contributed by atoms with Crippen LogP contribution in [0.3, 0.4) is 0 Å². The van der Waals surface area contributed by atoms with Crippen molar-refractivity contribution in [3.8, 4) is 16.9 Å². The summed E-state index contributed by atoms with van der Waals surface area (Å²) in [6.07, 6.45) is 6.00. The van der Waals surface area contributed by atoms with Crippen molar-refractivity contribution in [3.05, 3.63) is 64.5 Å². The van der Waals surface area contributed by atoms with Gasteiger partial charge in [-0.1, -0.05) is 57.4 Å². The molecular formula is C23H26O3. The van der Waals surface area contributed by atoms with E-state index in [0.717, 1.165) is 17.4 Å². The van der Waals surface area contributed by atoms with Gasteiger partial charge in [0.25, 0.3) is 0 Å². The second kappa shape index (κ2) is 8.22. The van der Waals surface area contributed by atoms with Gasteiger partial charge in [0.05, 0.1) is 5.56 Å². The van der Waals surface area contributed by atoms with Crippen molar-refractivity contribution < 1.29 is 9.52 Å². The molecule has 0 amide bonds. The Morgan fingerprint density at radius 2 is 1.88 bits per heavy atom. The number of rotatable bonds is 7. The van der Waals surface area contributed by atoms with Gasteiger partial charge < -0.3 is 9.52 Å². The number of phenols is 1. The SMILES string of the molecule is CCCCCC(CC)c1cccc(-c2cc3ccc(O)cc3oc2=O)c1. The Kier molecular flexibility index (Phi) is 5.77. The van der Waals surface area contributed by atoms with E-state index in [4.69, 9.17) is 4.42 Å². The van der Waals surface area contributed by atoms with Gasteiger partial charge in [-0.25, -0.2) is 4.79 Å². The van der Waals surface area contributed by atoms with Gasteiger partial charge in [0, 0.05) is 11.5 Å². The minimum Gasteiger partial charge on any atom is -0.508 e. The molecule has 0 aliphatic carbocycles. The number of benzene rings is 2. The molecule has 0 spiro atoms. The average molecular weight is 350 g/mol. The van der Waals surface area contributed by atoms with Crippen LogP contribution in [0.2, 0.25) is 0 Å². The lowest BCUT2D eigenvalue weighted by atomic mass is 9.89. The lowest BCUT2D eigenvalue weighted by molar-refractivity contribution is 0.473. The predicted octanol–water partition coefficient (Wildman–Crippen LogP) is 6.24. The summed E-state index contributed by atoms with van der Waals surface area (Å²) in [7, 11) is 0. The third-order valence-electron chi connectivity index (χ3n) is 5.04. The van der Waals surface area contributed by atoms with Crippen molar-refractivity contribution in [2.24, 2.45) is 0 Å². The molecule has 136 valence electrons. The maximum atomic E-state index is 12.5. The van der Waals surface area contributed by atoms with Gasteiger partial charge in [0.2, 0.25) is 0 Å². The Morgan fingerprint density at radius 1 is 1.04 bits per heavy atom. The number of unbranched alkanes of at least 4 members (excludes halogenated alkanes) is 2. The van der Waals surface area contributed by atoms with Gasteiger partial charge in [-0.15, -0.1) is 0 Å². The molecule has 1 atom stereocenters. The minimum absolute atomic E-state index is 0.0910. The van der Waals surface area contributed by atoms with Crippen LogP contribution < -0.4 is 5.63 Å². The third kappa shape index (κ3) is 3.98. The monoisotopic (exact) mass is 350 g/mol. The van der Waals surface area contributed by atoms with Crippen molar-refractivity contribution in [2.45, 2.75) is 51.9 Å². The molecule has 0 saturated carbocycles. The van der Waals surface area contributed by atoms with Crippen LogP contribution in [0.5, 0.6) is 5.75 Å². The summed E-state index contributed by atoms with van der Waals surface area (Å²) < 4.78 is 5.42. The van der Waals surface area contributed by atoms with Crippen molar-refractivity contribution in [1.82, 2.24) is 0 Å². The van der Waals surface area contributed by atoms with Gasteiger partial charge in [-0.3, -0.25) is 0 Å². The molecule has 1 aromatic heterocycles. The maximum Gasteiger partial charge on any atom is 0.344 e. The standard InChI is InChI=1S/C23H26O3/c1-3-5-6-8-16(4-2)17-9-7-10-18(13-17)21-14-19-11-12-20(24)15-22(19)26-23(21)25/h7,9-16,24H,3-6,8H2,1-2H3. The first-order chi connectivity index (χ1) is 12.6.